The number of amides is 1. The molecule has 0 aromatic heterocycles. The summed E-state index contributed by atoms with van der Waals surface area (Å²) in [4.78, 5) is 12.2. The monoisotopic (exact) mass is 340 g/mol. The molecular formula is C18H29ClN2O2. The maximum atomic E-state index is 12.2. The largest absolute Gasteiger partial charge is 0.481 e. The standard InChI is InChI=1S/C18H28N2O2.ClH/c1-12(2)17-8-7-16(10-13(17)3)22-14(4)18(21)20-15-6-5-9-19-11-15;/h7-8,10,12,14-15,19H,5-6,9,11H2,1-4H3,(H,20,21);1H. The summed E-state index contributed by atoms with van der Waals surface area (Å²) in [7, 11) is 0. The van der Waals surface area contributed by atoms with Crippen LogP contribution in [0.15, 0.2) is 18.2 Å². The number of carbonyl (C=O) groups excluding carboxylic acids is 1. The van der Waals surface area contributed by atoms with Crippen molar-refractivity contribution in [2.24, 2.45) is 0 Å². The van der Waals surface area contributed by atoms with Crippen molar-refractivity contribution in [3.63, 3.8) is 0 Å². The SMILES string of the molecule is Cc1cc(OC(C)C(=O)NC2CCCNC2)ccc1C(C)C.Cl. The predicted octanol–water partition coefficient (Wildman–Crippen LogP) is 3.18. The topological polar surface area (TPSA) is 50.4 Å². The molecule has 0 aliphatic carbocycles. The van der Waals surface area contributed by atoms with Gasteiger partial charge in [-0.15, -0.1) is 12.4 Å². The molecule has 1 amide bonds. The van der Waals surface area contributed by atoms with E-state index >= 15 is 0 Å². The van der Waals surface area contributed by atoms with Crippen molar-refractivity contribution >= 4 is 18.3 Å². The maximum Gasteiger partial charge on any atom is 0.261 e. The Morgan fingerprint density at radius 3 is 2.65 bits per heavy atom. The molecular weight excluding hydrogens is 312 g/mol. The Morgan fingerprint density at radius 1 is 1.35 bits per heavy atom. The van der Waals surface area contributed by atoms with Crippen LogP contribution in [0.25, 0.3) is 0 Å². The second kappa shape index (κ2) is 9.14. The number of hydrogen-bond donors (Lipinski definition) is 2. The van der Waals surface area contributed by atoms with Gasteiger partial charge in [0.25, 0.3) is 5.91 Å². The Hall–Kier alpha value is -1.26. The lowest BCUT2D eigenvalue weighted by molar-refractivity contribution is -0.128. The summed E-state index contributed by atoms with van der Waals surface area (Å²) in [6.45, 7) is 10.1. The molecule has 1 heterocycles. The van der Waals surface area contributed by atoms with E-state index in [4.69, 9.17) is 4.74 Å². The highest BCUT2D eigenvalue weighted by atomic mass is 35.5. The number of aryl methyl sites for hydroxylation is 1. The normalized spacial score (nSPS) is 18.9. The van der Waals surface area contributed by atoms with Gasteiger partial charge >= 0.3 is 0 Å². The molecule has 4 nitrogen and oxygen atoms in total. The van der Waals surface area contributed by atoms with Crippen molar-refractivity contribution in [2.75, 3.05) is 13.1 Å². The quantitative estimate of drug-likeness (QED) is 0.865. The van der Waals surface area contributed by atoms with Gasteiger partial charge in [0.15, 0.2) is 6.10 Å². The van der Waals surface area contributed by atoms with E-state index in [-0.39, 0.29) is 24.4 Å². The highest BCUT2D eigenvalue weighted by Gasteiger charge is 2.20. The Labute approximate surface area is 145 Å². The zero-order chi connectivity index (χ0) is 16.1. The van der Waals surface area contributed by atoms with Crippen LogP contribution in [0, 0.1) is 6.92 Å². The fraction of sp³-hybridized carbons (Fsp3) is 0.611. The third-order valence-electron chi connectivity index (χ3n) is 4.19. The molecule has 1 aliphatic heterocycles. The van der Waals surface area contributed by atoms with Crippen molar-refractivity contribution in [2.45, 2.75) is 58.6 Å². The van der Waals surface area contributed by atoms with Crippen molar-refractivity contribution in [3.05, 3.63) is 29.3 Å². The van der Waals surface area contributed by atoms with Crippen LogP contribution in [0.2, 0.25) is 0 Å². The molecule has 0 bridgehead atoms. The van der Waals surface area contributed by atoms with Crippen molar-refractivity contribution in [3.8, 4) is 5.75 Å². The van der Waals surface area contributed by atoms with E-state index in [1.54, 1.807) is 6.92 Å². The van der Waals surface area contributed by atoms with Gasteiger partial charge < -0.3 is 15.4 Å². The van der Waals surface area contributed by atoms with E-state index in [2.05, 4.69) is 37.5 Å². The second-order valence-electron chi connectivity index (χ2n) is 6.49. The highest BCUT2D eigenvalue weighted by molar-refractivity contribution is 5.85. The molecule has 1 aliphatic rings. The Bertz CT molecular complexity index is 514. The number of hydrogen-bond acceptors (Lipinski definition) is 3. The number of halogens is 1. The van der Waals surface area contributed by atoms with Crippen LogP contribution in [-0.4, -0.2) is 31.1 Å². The van der Waals surface area contributed by atoms with Gasteiger partial charge in [-0.2, -0.15) is 0 Å². The lowest BCUT2D eigenvalue weighted by Gasteiger charge is -2.25. The summed E-state index contributed by atoms with van der Waals surface area (Å²) in [5, 5.41) is 6.35. The molecule has 1 aromatic carbocycles. The first kappa shape index (κ1) is 19.8. The average Bonchev–Trinajstić information content (AvgIpc) is 2.47. The summed E-state index contributed by atoms with van der Waals surface area (Å²) in [5.74, 6) is 1.21. The van der Waals surface area contributed by atoms with Crippen molar-refractivity contribution in [1.82, 2.24) is 10.6 Å². The van der Waals surface area contributed by atoms with E-state index in [1.165, 1.54) is 11.1 Å². The number of nitrogens with one attached hydrogen (secondary N) is 2. The molecule has 0 spiro atoms. The lowest BCUT2D eigenvalue weighted by Crippen LogP contribution is -2.49. The van der Waals surface area contributed by atoms with Crippen LogP contribution in [0.4, 0.5) is 0 Å². The summed E-state index contributed by atoms with van der Waals surface area (Å²) in [6, 6.07) is 6.28. The van der Waals surface area contributed by atoms with Crippen LogP contribution in [0.1, 0.15) is 50.7 Å². The third-order valence-corrected chi connectivity index (χ3v) is 4.19. The molecule has 5 heteroatoms. The van der Waals surface area contributed by atoms with Gasteiger partial charge in [0.1, 0.15) is 5.75 Å². The molecule has 130 valence electrons. The smallest absolute Gasteiger partial charge is 0.261 e. The summed E-state index contributed by atoms with van der Waals surface area (Å²) in [5.41, 5.74) is 2.52. The number of rotatable bonds is 5. The van der Waals surface area contributed by atoms with Gasteiger partial charge in [0.05, 0.1) is 0 Å². The van der Waals surface area contributed by atoms with E-state index in [9.17, 15) is 4.79 Å². The number of piperidine rings is 1. The van der Waals surface area contributed by atoms with Crippen LogP contribution < -0.4 is 15.4 Å². The molecule has 1 saturated heterocycles. The van der Waals surface area contributed by atoms with Crippen molar-refractivity contribution < 1.29 is 9.53 Å². The zero-order valence-corrected chi connectivity index (χ0v) is 15.3. The maximum absolute atomic E-state index is 12.2. The summed E-state index contributed by atoms with van der Waals surface area (Å²) < 4.78 is 5.80. The molecule has 1 aromatic rings. The molecule has 2 unspecified atom stereocenters. The first-order valence-corrected chi connectivity index (χ1v) is 8.25. The Morgan fingerprint density at radius 2 is 2.09 bits per heavy atom. The highest BCUT2D eigenvalue weighted by Crippen LogP contribution is 2.24. The van der Waals surface area contributed by atoms with E-state index in [1.807, 2.05) is 12.1 Å². The zero-order valence-electron chi connectivity index (χ0n) is 14.5. The number of benzene rings is 1. The van der Waals surface area contributed by atoms with Crippen LogP contribution >= 0.6 is 12.4 Å². The van der Waals surface area contributed by atoms with Gasteiger partial charge in [-0.3, -0.25) is 4.79 Å². The predicted molar refractivity (Wildman–Crippen MR) is 96.6 cm³/mol. The number of carbonyl (C=O) groups is 1. The summed E-state index contributed by atoms with van der Waals surface area (Å²) in [6.07, 6.45) is 1.66. The fourth-order valence-electron chi connectivity index (χ4n) is 2.92. The van der Waals surface area contributed by atoms with E-state index in [0.29, 0.717) is 5.92 Å². The van der Waals surface area contributed by atoms with Gasteiger partial charge in [-0.05, 0) is 62.4 Å². The van der Waals surface area contributed by atoms with E-state index < -0.39 is 6.10 Å². The van der Waals surface area contributed by atoms with Crippen molar-refractivity contribution in [1.29, 1.82) is 0 Å². The van der Waals surface area contributed by atoms with Gasteiger partial charge in [-0.25, -0.2) is 0 Å². The number of ether oxygens (including phenoxy) is 1. The molecule has 2 N–H and O–H groups in total. The lowest BCUT2D eigenvalue weighted by atomic mass is 9.98. The molecule has 0 radical (unpaired) electrons. The first-order chi connectivity index (χ1) is 10.5. The molecule has 1 fully saturated rings. The average molecular weight is 341 g/mol. The third kappa shape index (κ3) is 5.70. The summed E-state index contributed by atoms with van der Waals surface area (Å²) >= 11 is 0. The first-order valence-electron chi connectivity index (χ1n) is 8.25. The second-order valence-corrected chi connectivity index (χ2v) is 6.49. The molecule has 0 saturated carbocycles. The Kier molecular flexibility index (Phi) is 7.86. The molecule has 2 rings (SSSR count). The van der Waals surface area contributed by atoms with Crippen LogP contribution in [-0.2, 0) is 4.79 Å². The fourth-order valence-corrected chi connectivity index (χ4v) is 2.92. The minimum absolute atomic E-state index is 0. The van der Waals surface area contributed by atoms with Gasteiger partial charge in [-0.1, -0.05) is 19.9 Å². The minimum Gasteiger partial charge on any atom is -0.481 e. The van der Waals surface area contributed by atoms with Gasteiger partial charge in [0.2, 0.25) is 0 Å². The van der Waals surface area contributed by atoms with E-state index in [0.717, 1.165) is 31.7 Å². The van der Waals surface area contributed by atoms with Gasteiger partial charge in [0, 0.05) is 12.6 Å². The Balaban J connectivity index is 0.00000264. The molecule has 23 heavy (non-hydrogen) atoms. The van der Waals surface area contributed by atoms with Crippen LogP contribution in [0.3, 0.4) is 0 Å². The molecule has 2 atom stereocenters. The minimum atomic E-state index is -0.480. The van der Waals surface area contributed by atoms with Crippen LogP contribution in [0.5, 0.6) is 5.75 Å².